The van der Waals surface area contributed by atoms with Crippen LogP contribution in [0.3, 0.4) is 0 Å². The van der Waals surface area contributed by atoms with Gasteiger partial charge in [0, 0.05) is 17.7 Å². The number of rotatable bonds is 9. The third kappa shape index (κ3) is 6.36. The lowest BCUT2D eigenvalue weighted by Gasteiger charge is -2.22. The number of fused-ring (bicyclic) bond motifs is 1. The summed E-state index contributed by atoms with van der Waals surface area (Å²) in [5.74, 6) is -0.372. The number of aliphatic hydroxyl groups excluding tert-OH is 1. The van der Waals surface area contributed by atoms with Crippen LogP contribution >= 0.6 is 23.1 Å². The van der Waals surface area contributed by atoms with Crippen LogP contribution in [0, 0.1) is 5.82 Å². The third-order valence-corrected chi connectivity index (χ3v) is 10.1. The quantitative estimate of drug-likeness (QED) is 0.0568. The number of nitrogens with zero attached hydrogens (tertiary/aromatic N) is 3. The highest BCUT2D eigenvalue weighted by atomic mass is 32.2. The lowest BCUT2D eigenvalue weighted by Crippen LogP contribution is -2.29. The molecule has 4 aromatic carbocycles. The predicted octanol–water partition coefficient (Wildman–Crippen LogP) is 7.50. The van der Waals surface area contributed by atoms with Crippen LogP contribution in [0.1, 0.15) is 40.8 Å². The molecule has 1 amide bonds. The van der Waals surface area contributed by atoms with Crippen LogP contribution in [0.5, 0.6) is 11.5 Å². The van der Waals surface area contributed by atoms with E-state index < -0.39 is 17.7 Å². The lowest BCUT2D eigenvalue weighted by atomic mass is 9.94. The number of carbonyl (C=O) groups excluding carboxylic acids is 2. The summed E-state index contributed by atoms with van der Waals surface area (Å²) >= 11 is 2.55. The number of carbonyl (C=O) groups is 2. The van der Waals surface area contributed by atoms with Gasteiger partial charge in [0.1, 0.15) is 35.8 Å². The number of hydrogen-bond donors (Lipinski definition) is 1. The second kappa shape index (κ2) is 13.0. The van der Waals surface area contributed by atoms with Gasteiger partial charge in [0.05, 0.1) is 11.6 Å². The molecular weight excluding hydrogens is 638 g/mol. The monoisotopic (exact) mass is 665 g/mol. The van der Waals surface area contributed by atoms with Gasteiger partial charge in [-0.3, -0.25) is 14.5 Å². The summed E-state index contributed by atoms with van der Waals surface area (Å²) in [4.78, 5) is 28.7. The Morgan fingerprint density at radius 1 is 1.00 bits per heavy atom. The second-order valence-corrected chi connectivity index (χ2v) is 13.4. The standard InChI is InChI=1S/C36H28FN3O5S2/c1-21-17-26-18-25(11-16-29(26)45-21)32(41)30-31(24-9-14-28(15-10-24)44-19-22-5-3-2-4-6-22)40(34(43)33(30)42)35-38-39-36(47-35)46-20-23-7-12-27(37)13-8-23/h2-16,18,21,31,41H,17,19-20H2,1H3/b32-30+. The van der Waals surface area contributed by atoms with Crippen LogP contribution in [-0.4, -0.2) is 33.1 Å². The first-order chi connectivity index (χ1) is 22.8. The van der Waals surface area contributed by atoms with Crippen molar-refractivity contribution in [1.29, 1.82) is 0 Å². The molecule has 8 nitrogen and oxygen atoms in total. The van der Waals surface area contributed by atoms with E-state index in [1.807, 2.05) is 37.3 Å². The van der Waals surface area contributed by atoms with Crippen LogP contribution in [-0.2, 0) is 28.4 Å². The zero-order valence-electron chi connectivity index (χ0n) is 25.1. The highest BCUT2D eigenvalue weighted by Gasteiger charge is 2.48. The first kappa shape index (κ1) is 30.6. The van der Waals surface area contributed by atoms with Crippen molar-refractivity contribution in [3.8, 4) is 11.5 Å². The van der Waals surface area contributed by atoms with Gasteiger partial charge in [-0.25, -0.2) is 4.39 Å². The minimum atomic E-state index is -0.968. The number of hydrogen-bond acceptors (Lipinski definition) is 9. The summed E-state index contributed by atoms with van der Waals surface area (Å²) < 4.78 is 25.7. The van der Waals surface area contributed by atoms with E-state index in [4.69, 9.17) is 9.47 Å². The van der Waals surface area contributed by atoms with Crippen LogP contribution in [0.25, 0.3) is 5.76 Å². The Balaban J connectivity index is 1.22. The number of anilines is 1. The number of Topliss-reactive ketones (excluding diaryl/α,β-unsaturated/α-hetero) is 1. The van der Waals surface area contributed by atoms with Crippen molar-refractivity contribution >= 4 is 45.7 Å². The molecule has 11 heteroatoms. The van der Waals surface area contributed by atoms with Crippen molar-refractivity contribution in [3.63, 3.8) is 0 Å². The molecule has 0 bridgehead atoms. The second-order valence-electron chi connectivity index (χ2n) is 11.2. The Morgan fingerprint density at radius 2 is 1.77 bits per heavy atom. The zero-order valence-corrected chi connectivity index (χ0v) is 26.8. The smallest absolute Gasteiger partial charge is 0.301 e. The summed E-state index contributed by atoms with van der Waals surface area (Å²) in [5.41, 5.74) is 3.79. The highest BCUT2D eigenvalue weighted by Crippen LogP contribution is 2.45. The molecule has 1 N–H and O–H groups in total. The minimum absolute atomic E-state index is 0.00289. The number of amides is 1. The van der Waals surface area contributed by atoms with Gasteiger partial charge in [-0.15, -0.1) is 10.2 Å². The largest absolute Gasteiger partial charge is 0.507 e. The van der Waals surface area contributed by atoms with Gasteiger partial charge in [-0.2, -0.15) is 0 Å². The number of ether oxygens (including phenoxy) is 2. The van der Waals surface area contributed by atoms with Gasteiger partial charge in [-0.1, -0.05) is 77.7 Å². The predicted molar refractivity (Wildman–Crippen MR) is 178 cm³/mol. The number of halogens is 1. The molecule has 3 heterocycles. The molecule has 5 aromatic rings. The van der Waals surface area contributed by atoms with E-state index in [1.54, 1.807) is 54.6 Å². The Morgan fingerprint density at radius 3 is 2.53 bits per heavy atom. The van der Waals surface area contributed by atoms with Gasteiger partial charge in [0.25, 0.3) is 5.78 Å². The molecule has 0 radical (unpaired) electrons. The Hall–Kier alpha value is -5.00. The van der Waals surface area contributed by atoms with E-state index in [1.165, 1.54) is 40.1 Å². The molecule has 0 spiro atoms. The Labute approximate surface area is 278 Å². The first-order valence-corrected chi connectivity index (χ1v) is 16.7. The highest BCUT2D eigenvalue weighted by molar-refractivity contribution is 8.00. The molecule has 2 atom stereocenters. The zero-order chi connectivity index (χ0) is 32.5. The molecular formula is C36H28FN3O5S2. The van der Waals surface area contributed by atoms with E-state index in [-0.39, 0.29) is 28.4 Å². The van der Waals surface area contributed by atoms with Crippen LogP contribution in [0.4, 0.5) is 9.52 Å². The van der Waals surface area contributed by atoms with Crippen LogP contribution in [0.15, 0.2) is 107 Å². The topological polar surface area (TPSA) is 102 Å². The molecule has 47 heavy (non-hydrogen) atoms. The average Bonchev–Trinajstić information content (AvgIpc) is 3.78. The summed E-state index contributed by atoms with van der Waals surface area (Å²) in [6.45, 7) is 2.34. The Kier molecular flexibility index (Phi) is 8.48. The van der Waals surface area contributed by atoms with E-state index in [2.05, 4.69) is 10.2 Å². The summed E-state index contributed by atoms with van der Waals surface area (Å²) in [6, 6.07) is 27.4. The van der Waals surface area contributed by atoms with Gasteiger partial charge >= 0.3 is 5.91 Å². The van der Waals surface area contributed by atoms with Crippen molar-refractivity contribution in [2.24, 2.45) is 0 Å². The van der Waals surface area contributed by atoms with E-state index >= 15 is 0 Å². The molecule has 236 valence electrons. The van der Waals surface area contributed by atoms with Gasteiger partial charge in [0.15, 0.2) is 4.34 Å². The molecule has 2 unspecified atom stereocenters. The fraction of sp³-hybridized carbons (Fsp3) is 0.167. The minimum Gasteiger partial charge on any atom is -0.507 e. The maximum absolute atomic E-state index is 13.7. The number of aliphatic hydroxyl groups is 1. The summed E-state index contributed by atoms with van der Waals surface area (Å²) in [7, 11) is 0. The van der Waals surface area contributed by atoms with Gasteiger partial charge in [0.2, 0.25) is 5.13 Å². The van der Waals surface area contributed by atoms with E-state index in [9.17, 15) is 19.1 Å². The maximum Gasteiger partial charge on any atom is 0.301 e. The molecule has 7 rings (SSSR count). The molecule has 1 aromatic heterocycles. The van der Waals surface area contributed by atoms with E-state index in [0.717, 1.165) is 22.4 Å². The van der Waals surface area contributed by atoms with Crippen molar-refractivity contribution in [2.45, 2.75) is 42.2 Å². The molecule has 0 aliphatic carbocycles. The first-order valence-electron chi connectivity index (χ1n) is 14.9. The molecule has 1 fully saturated rings. The normalized spacial score (nSPS) is 18.3. The summed E-state index contributed by atoms with van der Waals surface area (Å²) in [6.07, 6.45) is 0.671. The number of benzene rings is 4. The fourth-order valence-corrected chi connectivity index (χ4v) is 7.46. The van der Waals surface area contributed by atoms with Crippen LogP contribution < -0.4 is 14.4 Å². The number of ketones is 1. The van der Waals surface area contributed by atoms with E-state index in [0.29, 0.717) is 40.0 Å². The third-order valence-electron chi connectivity index (χ3n) is 7.94. The molecule has 1 saturated heterocycles. The van der Waals surface area contributed by atoms with Gasteiger partial charge in [-0.05, 0) is 71.6 Å². The average molecular weight is 666 g/mol. The Bertz CT molecular complexity index is 1980. The van der Waals surface area contributed by atoms with Crippen LogP contribution in [0.2, 0.25) is 0 Å². The van der Waals surface area contributed by atoms with Gasteiger partial charge < -0.3 is 14.6 Å². The lowest BCUT2D eigenvalue weighted by molar-refractivity contribution is -0.132. The fourth-order valence-electron chi connectivity index (χ4n) is 5.64. The summed E-state index contributed by atoms with van der Waals surface area (Å²) in [5, 5.41) is 20.4. The van der Waals surface area contributed by atoms with Crippen molar-refractivity contribution in [3.05, 3.63) is 136 Å². The molecule has 2 aliphatic rings. The van der Waals surface area contributed by atoms with Crippen molar-refractivity contribution in [1.82, 2.24) is 10.2 Å². The maximum atomic E-state index is 13.7. The van der Waals surface area contributed by atoms with Crippen molar-refractivity contribution in [2.75, 3.05) is 4.90 Å². The number of aromatic nitrogens is 2. The molecule has 2 aliphatic heterocycles. The SMILES string of the molecule is CC1Cc2cc(/C(O)=C3\C(=O)C(=O)N(c4nnc(SCc5ccc(F)cc5)s4)C3c3ccc(OCc4ccccc4)cc3)ccc2O1. The van der Waals surface area contributed by atoms with Crippen molar-refractivity contribution < 1.29 is 28.6 Å². The number of thioether (sulfide) groups is 1. The molecule has 0 saturated carbocycles.